The summed E-state index contributed by atoms with van der Waals surface area (Å²) in [4.78, 5) is 11.1. The number of hydrogen-bond donors (Lipinski definition) is 3. The van der Waals surface area contributed by atoms with E-state index in [0.717, 1.165) is 5.70 Å². The second-order valence-electron chi connectivity index (χ2n) is 3.81. The molecule has 0 heterocycles. The molecule has 0 radical (unpaired) electrons. The first-order valence-corrected chi connectivity index (χ1v) is 5.98. The van der Waals surface area contributed by atoms with Crippen molar-refractivity contribution >= 4 is 28.8 Å². The number of rotatable bonds is 3. The van der Waals surface area contributed by atoms with E-state index in [1.165, 1.54) is 0 Å². The first kappa shape index (κ1) is 13.2. The quantitative estimate of drug-likeness (QED) is 0.418. The molecule has 3 N–H and O–H groups in total. The van der Waals surface area contributed by atoms with Crippen LogP contribution in [0.4, 0.5) is 0 Å². The number of carboxylic acid groups (broad SMARTS) is 1. The molecule has 1 aliphatic carbocycles. The summed E-state index contributed by atoms with van der Waals surface area (Å²) in [7, 11) is 1.81. The summed E-state index contributed by atoms with van der Waals surface area (Å²) >= 11 is 2.00. The minimum absolute atomic E-state index is 0.292. The van der Waals surface area contributed by atoms with Crippen LogP contribution in [-0.4, -0.2) is 23.7 Å². The molecule has 1 rings (SSSR count). The highest BCUT2D eigenvalue weighted by Gasteiger charge is 2.19. The molecule has 0 amide bonds. The van der Waals surface area contributed by atoms with Crippen molar-refractivity contribution in [2.45, 2.75) is 18.9 Å². The van der Waals surface area contributed by atoms with E-state index >= 15 is 0 Å². The van der Waals surface area contributed by atoms with Crippen molar-refractivity contribution in [2.75, 3.05) is 7.05 Å². The smallest absolute Gasteiger partial charge is 0.335 e. The standard InChI is InChI=1S/C11H15IN2O2/c1-11(13-2)5-3-4-9(14-12)6-8(7-11)10(15)16/h3,5-7,13-14H,4H2,1-2H3,(H,15,16)/b5-3-,8-7?,9-6+. The Labute approximate surface area is 109 Å². The van der Waals surface area contributed by atoms with Gasteiger partial charge in [0.25, 0.3) is 0 Å². The normalized spacial score (nSPS) is 30.4. The third-order valence-electron chi connectivity index (χ3n) is 2.49. The van der Waals surface area contributed by atoms with E-state index in [9.17, 15) is 4.79 Å². The monoisotopic (exact) mass is 334 g/mol. The molecule has 1 atom stereocenters. The van der Waals surface area contributed by atoms with Crippen LogP contribution >= 0.6 is 22.9 Å². The second kappa shape index (κ2) is 5.49. The van der Waals surface area contributed by atoms with Crippen molar-refractivity contribution in [1.29, 1.82) is 0 Å². The minimum atomic E-state index is -0.916. The number of carbonyl (C=O) groups is 1. The third kappa shape index (κ3) is 3.34. The van der Waals surface area contributed by atoms with Gasteiger partial charge in [-0.3, -0.25) is 0 Å². The predicted molar refractivity (Wildman–Crippen MR) is 72.2 cm³/mol. The number of likely N-dealkylation sites (N-methyl/N-ethyl adjacent to an activating group) is 1. The summed E-state index contributed by atoms with van der Waals surface area (Å²) in [6, 6.07) is 0. The van der Waals surface area contributed by atoms with E-state index in [0.29, 0.717) is 12.0 Å². The van der Waals surface area contributed by atoms with Crippen LogP contribution in [0.1, 0.15) is 13.3 Å². The summed E-state index contributed by atoms with van der Waals surface area (Å²) in [6.07, 6.45) is 8.05. The molecule has 0 aromatic heterocycles. The van der Waals surface area contributed by atoms with Crippen LogP contribution in [-0.2, 0) is 4.79 Å². The van der Waals surface area contributed by atoms with Crippen LogP contribution in [0.3, 0.4) is 0 Å². The Morgan fingerprint density at radius 3 is 2.81 bits per heavy atom. The van der Waals surface area contributed by atoms with Crippen molar-refractivity contribution in [3.8, 4) is 0 Å². The van der Waals surface area contributed by atoms with Gasteiger partial charge in [0, 0.05) is 12.1 Å². The summed E-state index contributed by atoms with van der Waals surface area (Å²) in [5.41, 5.74) is 0.755. The summed E-state index contributed by atoms with van der Waals surface area (Å²) < 4.78 is 2.96. The van der Waals surface area contributed by atoms with Gasteiger partial charge in [-0.25, -0.2) is 4.79 Å². The van der Waals surface area contributed by atoms with Gasteiger partial charge in [0.1, 0.15) is 0 Å². The first-order chi connectivity index (χ1) is 7.50. The lowest BCUT2D eigenvalue weighted by Gasteiger charge is -2.23. The minimum Gasteiger partial charge on any atom is -0.478 e. The van der Waals surface area contributed by atoms with Crippen LogP contribution in [0.5, 0.6) is 0 Å². The maximum Gasteiger partial charge on any atom is 0.335 e. The molecule has 1 aliphatic rings. The van der Waals surface area contributed by atoms with E-state index in [1.54, 1.807) is 12.2 Å². The van der Waals surface area contributed by atoms with Crippen molar-refractivity contribution < 1.29 is 9.90 Å². The molecule has 16 heavy (non-hydrogen) atoms. The Hall–Kier alpha value is -0.820. The molecule has 5 heteroatoms. The van der Waals surface area contributed by atoms with Gasteiger partial charge in [-0.1, -0.05) is 12.2 Å². The molecule has 0 saturated heterocycles. The number of allylic oxidation sites excluding steroid dienone is 1. The maximum absolute atomic E-state index is 11.1. The molecule has 0 fully saturated rings. The van der Waals surface area contributed by atoms with Gasteiger partial charge in [0.2, 0.25) is 0 Å². The van der Waals surface area contributed by atoms with E-state index < -0.39 is 11.5 Å². The predicted octanol–water partition coefficient (Wildman–Crippen LogP) is 1.76. The van der Waals surface area contributed by atoms with Crippen molar-refractivity contribution in [2.24, 2.45) is 0 Å². The highest BCUT2D eigenvalue weighted by molar-refractivity contribution is 14.1. The lowest BCUT2D eigenvalue weighted by Crippen LogP contribution is -2.36. The number of aliphatic carboxylic acids is 1. The van der Waals surface area contributed by atoms with E-state index in [2.05, 4.69) is 8.85 Å². The van der Waals surface area contributed by atoms with Crippen LogP contribution in [0.2, 0.25) is 0 Å². The lowest BCUT2D eigenvalue weighted by molar-refractivity contribution is -0.132. The molecule has 1 unspecified atom stereocenters. The maximum atomic E-state index is 11.1. The molecule has 0 aliphatic heterocycles. The fourth-order valence-corrected chi connectivity index (χ4v) is 1.81. The van der Waals surface area contributed by atoms with E-state index in [1.807, 2.05) is 49.0 Å². The van der Waals surface area contributed by atoms with Gasteiger partial charge in [-0.2, -0.15) is 0 Å². The Balaban J connectivity index is 3.18. The molecule has 0 aromatic carbocycles. The molecule has 0 bridgehead atoms. The SMILES string of the molecule is CNC1(C)C=C(C(=O)O)/C=C(/NI)C/C=C\1. The molecular formula is C11H15IN2O2. The summed E-state index contributed by atoms with van der Waals surface area (Å²) in [5.74, 6) is -0.916. The first-order valence-electron chi connectivity index (χ1n) is 4.91. The topological polar surface area (TPSA) is 61.4 Å². The highest BCUT2D eigenvalue weighted by atomic mass is 127. The average Bonchev–Trinajstić information content (AvgIpc) is 2.23. The van der Waals surface area contributed by atoms with Crippen LogP contribution in [0, 0.1) is 0 Å². The van der Waals surface area contributed by atoms with Crippen molar-refractivity contribution in [3.63, 3.8) is 0 Å². The van der Waals surface area contributed by atoms with Gasteiger partial charge in [-0.15, -0.1) is 0 Å². The Bertz CT molecular complexity index is 374. The van der Waals surface area contributed by atoms with Gasteiger partial charge in [0.05, 0.1) is 34.0 Å². The van der Waals surface area contributed by atoms with Crippen LogP contribution in [0.15, 0.2) is 35.6 Å². The number of halogens is 1. The molecule has 0 aromatic rings. The molecule has 88 valence electrons. The fraction of sp³-hybridized carbons (Fsp3) is 0.364. The molecular weight excluding hydrogens is 319 g/mol. The average molecular weight is 334 g/mol. The Morgan fingerprint density at radius 2 is 2.31 bits per heavy atom. The van der Waals surface area contributed by atoms with Crippen molar-refractivity contribution in [3.05, 3.63) is 35.6 Å². The van der Waals surface area contributed by atoms with Gasteiger partial charge in [0.15, 0.2) is 0 Å². The fourth-order valence-electron chi connectivity index (χ4n) is 1.43. The van der Waals surface area contributed by atoms with Crippen LogP contribution < -0.4 is 8.85 Å². The van der Waals surface area contributed by atoms with E-state index in [-0.39, 0.29) is 0 Å². The second-order valence-corrected chi connectivity index (χ2v) is 4.35. The summed E-state index contributed by atoms with van der Waals surface area (Å²) in [5, 5.41) is 12.2. The van der Waals surface area contributed by atoms with Gasteiger partial charge in [-0.05, 0) is 26.1 Å². The Kier molecular flexibility index (Phi) is 4.55. The van der Waals surface area contributed by atoms with Crippen molar-refractivity contribution in [1.82, 2.24) is 8.85 Å². The number of nitrogens with one attached hydrogen (secondary N) is 2. The molecule has 0 spiro atoms. The van der Waals surface area contributed by atoms with Gasteiger partial charge < -0.3 is 14.0 Å². The largest absolute Gasteiger partial charge is 0.478 e. The number of hydrogen-bond acceptors (Lipinski definition) is 3. The lowest BCUT2D eigenvalue weighted by atomic mass is 9.95. The van der Waals surface area contributed by atoms with E-state index in [4.69, 9.17) is 5.11 Å². The van der Waals surface area contributed by atoms with Crippen LogP contribution in [0.25, 0.3) is 0 Å². The zero-order valence-corrected chi connectivity index (χ0v) is 11.4. The highest BCUT2D eigenvalue weighted by Crippen LogP contribution is 2.18. The number of carboxylic acids is 1. The summed E-state index contributed by atoms with van der Waals surface area (Å²) in [6.45, 7) is 1.93. The molecule has 4 nitrogen and oxygen atoms in total. The van der Waals surface area contributed by atoms with Gasteiger partial charge >= 0.3 is 5.97 Å². The third-order valence-corrected chi connectivity index (χ3v) is 3.19. The zero-order chi connectivity index (χ0) is 12.2. The Morgan fingerprint density at radius 1 is 1.62 bits per heavy atom. The zero-order valence-electron chi connectivity index (χ0n) is 9.25. The molecule has 0 saturated carbocycles.